The Morgan fingerprint density at radius 3 is 3.00 bits per heavy atom. The molecule has 1 aromatic heterocycles. The summed E-state index contributed by atoms with van der Waals surface area (Å²) in [6.07, 6.45) is 1.19. The van der Waals surface area contributed by atoms with Gasteiger partial charge in [-0.2, -0.15) is 0 Å². The zero-order chi connectivity index (χ0) is 16.2. The largest absolute Gasteiger partial charge is 0.490 e. The van der Waals surface area contributed by atoms with Crippen LogP contribution >= 0.6 is 23.6 Å². The van der Waals surface area contributed by atoms with Crippen LogP contribution in [-0.4, -0.2) is 24.1 Å². The maximum Gasteiger partial charge on any atom is 0.225 e. The monoisotopic (exact) mass is 350 g/mol. The summed E-state index contributed by atoms with van der Waals surface area (Å²) in [6.45, 7) is 3.63. The third-order valence-electron chi connectivity index (χ3n) is 3.57. The molecular formula is C16H18N2O3S2. The van der Waals surface area contributed by atoms with E-state index in [2.05, 4.69) is 10.3 Å². The molecule has 1 aromatic carbocycles. The first-order valence-corrected chi connectivity index (χ1v) is 8.69. The SMILES string of the molecule is Cc1[nH]c(=S)sc1CC(=O)NCc1cccc2c1OCCCO2. The van der Waals surface area contributed by atoms with Gasteiger partial charge in [-0.15, -0.1) is 11.3 Å². The topological polar surface area (TPSA) is 63.4 Å². The molecule has 23 heavy (non-hydrogen) atoms. The summed E-state index contributed by atoms with van der Waals surface area (Å²) in [5.41, 5.74) is 1.89. The highest BCUT2D eigenvalue weighted by Gasteiger charge is 2.15. The number of thiazole rings is 1. The Bertz CT molecular complexity index is 767. The number of amides is 1. The van der Waals surface area contributed by atoms with E-state index >= 15 is 0 Å². The molecular weight excluding hydrogens is 332 g/mol. The van der Waals surface area contributed by atoms with Crippen LogP contribution in [-0.2, 0) is 17.8 Å². The van der Waals surface area contributed by atoms with Crippen LogP contribution in [0.3, 0.4) is 0 Å². The number of ether oxygens (including phenoxy) is 2. The van der Waals surface area contributed by atoms with Crippen LogP contribution in [0.15, 0.2) is 18.2 Å². The smallest absolute Gasteiger partial charge is 0.225 e. The van der Waals surface area contributed by atoms with E-state index in [1.54, 1.807) is 0 Å². The fourth-order valence-corrected chi connectivity index (χ4v) is 3.69. The first-order valence-electron chi connectivity index (χ1n) is 7.46. The van der Waals surface area contributed by atoms with Crippen molar-refractivity contribution in [1.29, 1.82) is 0 Å². The van der Waals surface area contributed by atoms with Crippen molar-refractivity contribution >= 4 is 29.5 Å². The zero-order valence-electron chi connectivity index (χ0n) is 12.8. The van der Waals surface area contributed by atoms with Gasteiger partial charge < -0.3 is 19.8 Å². The van der Waals surface area contributed by atoms with E-state index in [9.17, 15) is 4.79 Å². The highest BCUT2D eigenvalue weighted by atomic mass is 32.1. The van der Waals surface area contributed by atoms with Gasteiger partial charge in [0.25, 0.3) is 0 Å². The van der Waals surface area contributed by atoms with E-state index in [1.807, 2.05) is 25.1 Å². The molecule has 0 fully saturated rings. The number of aromatic amines is 1. The average Bonchev–Trinajstić information content (AvgIpc) is 2.73. The van der Waals surface area contributed by atoms with Crippen molar-refractivity contribution < 1.29 is 14.3 Å². The second-order valence-corrected chi connectivity index (χ2v) is 7.08. The van der Waals surface area contributed by atoms with Crippen molar-refractivity contribution in [2.45, 2.75) is 26.3 Å². The molecule has 2 heterocycles. The number of benzene rings is 1. The molecule has 1 amide bonds. The number of fused-ring (bicyclic) bond motifs is 1. The van der Waals surface area contributed by atoms with Crippen molar-refractivity contribution in [2.75, 3.05) is 13.2 Å². The molecule has 0 bridgehead atoms. The summed E-state index contributed by atoms with van der Waals surface area (Å²) in [7, 11) is 0. The first-order chi connectivity index (χ1) is 11.1. The predicted molar refractivity (Wildman–Crippen MR) is 91.8 cm³/mol. The third kappa shape index (κ3) is 3.92. The Morgan fingerprint density at radius 1 is 1.39 bits per heavy atom. The predicted octanol–water partition coefficient (Wildman–Crippen LogP) is 3.13. The molecule has 0 spiro atoms. The summed E-state index contributed by atoms with van der Waals surface area (Å²) in [4.78, 5) is 16.2. The lowest BCUT2D eigenvalue weighted by molar-refractivity contribution is -0.120. The maximum atomic E-state index is 12.2. The minimum Gasteiger partial charge on any atom is -0.490 e. The van der Waals surface area contributed by atoms with E-state index in [1.165, 1.54) is 11.3 Å². The second kappa shape index (κ2) is 7.14. The molecule has 0 saturated heterocycles. The molecule has 1 aliphatic rings. The van der Waals surface area contributed by atoms with Gasteiger partial charge in [-0.25, -0.2) is 0 Å². The van der Waals surface area contributed by atoms with Crippen LogP contribution in [0.4, 0.5) is 0 Å². The number of para-hydroxylation sites is 1. The molecule has 0 radical (unpaired) electrons. The van der Waals surface area contributed by atoms with Gasteiger partial charge in [0, 0.05) is 29.1 Å². The van der Waals surface area contributed by atoms with Crippen molar-refractivity contribution in [3.8, 4) is 11.5 Å². The van der Waals surface area contributed by atoms with Gasteiger partial charge in [-0.3, -0.25) is 4.79 Å². The molecule has 2 aromatic rings. The van der Waals surface area contributed by atoms with Crippen molar-refractivity contribution in [2.24, 2.45) is 0 Å². The summed E-state index contributed by atoms with van der Waals surface area (Å²) >= 11 is 6.54. The van der Waals surface area contributed by atoms with Gasteiger partial charge in [0.05, 0.1) is 19.6 Å². The molecule has 0 aliphatic carbocycles. The van der Waals surface area contributed by atoms with Gasteiger partial charge in [0.1, 0.15) is 0 Å². The second-order valence-electron chi connectivity index (χ2n) is 5.31. The Labute approximate surface area is 143 Å². The molecule has 5 nitrogen and oxygen atoms in total. The van der Waals surface area contributed by atoms with Crippen LogP contribution in [0.1, 0.15) is 22.6 Å². The molecule has 2 N–H and O–H groups in total. The molecule has 1 aliphatic heterocycles. The van der Waals surface area contributed by atoms with Crippen molar-refractivity contribution in [3.63, 3.8) is 0 Å². The maximum absolute atomic E-state index is 12.2. The van der Waals surface area contributed by atoms with Crippen molar-refractivity contribution in [3.05, 3.63) is 38.3 Å². The van der Waals surface area contributed by atoms with Crippen LogP contribution in [0.5, 0.6) is 11.5 Å². The highest BCUT2D eigenvalue weighted by Crippen LogP contribution is 2.33. The lowest BCUT2D eigenvalue weighted by atomic mass is 10.1. The van der Waals surface area contributed by atoms with Gasteiger partial charge in [0.2, 0.25) is 5.91 Å². The van der Waals surface area contributed by atoms with E-state index < -0.39 is 0 Å². The molecule has 7 heteroatoms. The number of hydrogen-bond acceptors (Lipinski definition) is 5. The van der Waals surface area contributed by atoms with Crippen LogP contribution in [0.25, 0.3) is 0 Å². The molecule has 0 atom stereocenters. The number of hydrogen-bond donors (Lipinski definition) is 2. The van der Waals surface area contributed by atoms with Crippen molar-refractivity contribution in [1.82, 2.24) is 10.3 Å². The Hall–Kier alpha value is -1.86. The first kappa shape index (κ1) is 16.0. The number of carbonyl (C=O) groups excluding carboxylic acids is 1. The van der Waals surface area contributed by atoms with Gasteiger partial charge in [-0.05, 0) is 25.2 Å². The van der Waals surface area contributed by atoms with Gasteiger partial charge >= 0.3 is 0 Å². The minimum absolute atomic E-state index is 0.0366. The number of carbonyl (C=O) groups is 1. The Kier molecular flexibility index (Phi) is 4.97. The standard InChI is InChI=1S/C16H18N2O3S2/c1-10-13(23-16(22)18-10)8-14(19)17-9-11-4-2-5-12-15(11)21-7-3-6-20-12/h2,4-5H,3,6-9H2,1H3,(H,17,19)(H,18,22). The molecule has 0 unspecified atom stereocenters. The third-order valence-corrected chi connectivity index (χ3v) is 4.91. The number of rotatable bonds is 4. The van der Waals surface area contributed by atoms with Crippen LogP contribution in [0.2, 0.25) is 0 Å². The minimum atomic E-state index is -0.0366. The van der Waals surface area contributed by atoms with E-state index in [-0.39, 0.29) is 5.91 Å². The summed E-state index contributed by atoms with van der Waals surface area (Å²) in [5.74, 6) is 1.44. The number of H-pyrrole nitrogens is 1. The summed E-state index contributed by atoms with van der Waals surface area (Å²) in [6, 6.07) is 5.75. The lowest BCUT2D eigenvalue weighted by Crippen LogP contribution is -2.24. The summed E-state index contributed by atoms with van der Waals surface area (Å²) in [5, 5.41) is 2.94. The number of aryl methyl sites for hydroxylation is 1. The summed E-state index contributed by atoms with van der Waals surface area (Å²) < 4.78 is 12.1. The van der Waals surface area contributed by atoms with Gasteiger partial charge in [-0.1, -0.05) is 12.1 Å². The Morgan fingerprint density at radius 2 is 2.22 bits per heavy atom. The number of nitrogens with one attached hydrogen (secondary N) is 2. The van der Waals surface area contributed by atoms with Crippen LogP contribution in [0, 0.1) is 10.9 Å². The molecule has 3 rings (SSSR count). The van der Waals surface area contributed by atoms with Gasteiger partial charge in [0.15, 0.2) is 15.5 Å². The lowest BCUT2D eigenvalue weighted by Gasteiger charge is -2.13. The number of aromatic nitrogens is 1. The normalized spacial score (nSPS) is 13.4. The fraction of sp³-hybridized carbons (Fsp3) is 0.375. The average molecular weight is 350 g/mol. The van der Waals surface area contributed by atoms with E-state index in [0.717, 1.165) is 34.1 Å². The van der Waals surface area contributed by atoms with E-state index in [4.69, 9.17) is 21.7 Å². The van der Waals surface area contributed by atoms with E-state index in [0.29, 0.717) is 30.1 Å². The quantitative estimate of drug-likeness (QED) is 0.832. The molecule has 0 saturated carbocycles. The Balaban J connectivity index is 1.65. The highest BCUT2D eigenvalue weighted by molar-refractivity contribution is 7.73. The van der Waals surface area contributed by atoms with Crippen LogP contribution < -0.4 is 14.8 Å². The molecule has 122 valence electrons. The fourth-order valence-electron chi connectivity index (χ4n) is 2.40. The zero-order valence-corrected chi connectivity index (χ0v) is 14.4.